The maximum Gasteiger partial charge on any atom is 0.252 e. The molecule has 1 unspecified atom stereocenters. The summed E-state index contributed by atoms with van der Waals surface area (Å²) in [4.78, 5) is 26.5. The van der Waals surface area contributed by atoms with Crippen LogP contribution in [0.4, 0.5) is 8.78 Å². The summed E-state index contributed by atoms with van der Waals surface area (Å²) in [7, 11) is 0. The summed E-state index contributed by atoms with van der Waals surface area (Å²) >= 11 is 0. The van der Waals surface area contributed by atoms with Crippen LogP contribution in [0.25, 0.3) is 0 Å². The highest BCUT2D eigenvalue weighted by molar-refractivity contribution is 5.97. The van der Waals surface area contributed by atoms with Gasteiger partial charge in [0.05, 0.1) is 13.2 Å². The van der Waals surface area contributed by atoms with E-state index in [1.165, 1.54) is 6.07 Å². The van der Waals surface area contributed by atoms with Gasteiger partial charge in [-0.1, -0.05) is 30.3 Å². The molecule has 1 fully saturated rings. The fourth-order valence-corrected chi connectivity index (χ4v) is 2.97. The van der Waals surface area contributed by atoms with Gasteiger partial charge >= 0.3 is 0 Å². The molecule has 1 saturated heterocycles. The molecule has 0 aliphatic carbocycles. The molecular weight excluding hydrogens is 354 g/mol. The molecule has 27 heavy (non-hydrogen) atoms. The number of hydrogen-bond acceptors (Lipinski definition) is 3. The normalized spacial score (nSPS) is 18.0. The van der Waals surface area contributed by atoms with Crippen molar-refractivity contribution in [1.29, 1.82) is 0 Å². The summed E-state index contributed by atoms with van der Waals surface area (Å²) in [5, 5.41) is 2.53. The van der Waals surface area contributed by atoms with Crippen LogP contribution < -0.4 is 5.32 Å². The molecule has 2 atom stereocenters. The Bertz CT molecular complexity index is 829. The zero-order valence-corrected chi connectivity index (χ0v) is 14.8. The van der Waals surface area contributed by atoms with Crippen molar-refractivity contribution < 1.29 is 23.1 Å². The lowest BCUT2D eigenvalue weighted by molar-refractivity contribution is -0.140. The molecule has 2 amide bonds. The number of carbonyl (C=O) groups excluding carboxylic acids is 2. The average Bonchev–Trinajstić information content (AvgIpc) is 2.70. The molecule has 1 N–H and O–H groups in total. The Labute approximate surface area is 155 Å². The Hall–Kier alpha value is -2.80. The van der Waals surface area contributed by atoms with E-state index in [0.29, 0.717) is 19.7 Å². The molecule has 0 saturated carbocycles. The van der Waals surface area contributed by atoms with E-state index in [-0.39, 0.29) is 17.6 Å². The van der Waals surface area contributed by atoms with Gasteiger partial charge in [0, 0.05) is 12.1 Å². The van der Waals surface area contributed by atoms with Gasteiger partial charge in [0.1, 0.15) is 12.1 Å². The second-order valence-electron chi connectivity index (χ2n) is 6.38. The fourth-order valence-electron chi connectivity index (χ4n) is 2.97. The maximum absolute atomic E-state index is 13.3. The van der Waals surface area contributed by atoms with Gasteiger partial charge in [0.2, 0.25) is 5.91 Å². The first-order valence-corrected chi connectivity index (χ1v) is 8.67. The highest BCUT2D eigenvalue weighted by Crippen LogP contribution is 2.22. The maximum atomic E-state index is 13.3. The van der Waals surface area contributed by atoms with Crippen LogP contribution in [0.2, 0.25) is 0 Å². The lowest BCUT2D eigenvalue weighted by Gasteiger charge is -2.34. The largest absolute Gasteiger partial charge is 0.370 e. The zero-order valence-electron chi connectivity index (χ0n) is 14.8. The minimum absolute atomic E-state index is 0.0438. The van der Waals surface area contributed by atoms with Crippen molar-refractivity contribution in [2.24, 2.45) is 0 Å². The summed E-state index contributed by atoms with van der Waals surface area (Å²) in [6, 6.07) is 11.6. The Morgan fingerprint density at radius 3 is 2.59 bits per heavy atom. The summed E-state index contributed by atoms with van der Waals surface area (Å²) in [6.07, 6.45) is -0.224. The number of benzene rings is 2. The molecule has 5 nitrogen and oxygen atoms in total. The lowest BCUT2D eigenvalue weighted by atomic mass is 10.1. The first-order valence-electron chi connectivity index (χ1n) is 8.67. The van der Waals surface area contributed by atoms with Crippen molar-refractivity contribution in [3.05, 3.63) is 71.3 Å². The summed E-state index contributed by atoms with van der Waals surface area (Å²) in [5.74, 6) is -3.03. The first kappa shape index (κ1) is 19.0. The van der Waals surface area contributed by atoms with Crippen LogP contribution >= 0.6 is 0 Å². The Morgan fingerprint density at radius 1 is 1.15 bits per heavy atom. The third-order valence-corrected chi connectivity index (χ3v) is 4.45. The van der Waals surface area contributed by atoms with Crippen LogP contribution in [0, 0.1) is 11.6 Å². The number of amides is 2. The van der Waals surface area contributed by atoms with E-state index in [1.807, 2.05) is 30.3 Å². The number of carbonyl (C=O) groups is 2. The van der Waals surface area contributed by atoms with Crippen molar-refractivity contribution in [3.8, 4) is 0 Å². The molecule has 2 aromatic carbocycles. The number of halogens is 2. The quantitative estimate of drug-likeness (QED) is 0.895. The van der Waals surface area contributed by atoms with E-state index in [4.69, 9.17) is 4.74 Å². The molecule has 0 bridgehead atoms. The third kappa shape index (κ3) is 4.49. The zero-order chi connectivity index (χ0) is 19.4. The molecule has 3 rings (SSSR count). The summed E-state index contributed by atoms with van der Waals surface area (Å²) in [6.45, 7) is 2.77. The lowest BCUT2D eigenvalue weighted by Crippen LogP contribution is -2.51. The fraction of sp³-hybridized carbons (Fsp3) is 0.300. The second-order valence-corrected chi connectivity index (χ2v) is 6.38. The molecule has 0 spiro atoms. The monoisotopic (exact) mass is 374 g/mol. The van der Waals surface area contributed by atoms with E-state index in [1.54, 1.807) is 11.8 Å². The molecule has 142 valence electrons. The van der Waals surface area contributed by atoms with Gasteiger partial charge in [-0.15, -0.1) is 0 Å². The molecule has 7 heteroatoms. The van der Waals surface area contributed by atoms with Crippen LogP contribution in [0.1, 0.15) is 28.9 Å². The molecule has 1 heterocycles. The van der Waals surface area contributed by atoms with Crippen LogP contribution in [-0.2, 0) is 9.53 Å². The van der Waals surface area contributed by atoms with Gasteiger partial charge in [-0.3, -0.25) is 9.59 Å². The molecule has 1 aliphatic rings. The predicted molar refractivity (Wildman–Crippen MR) is 95.0 cm³/mol. The van der Waals surface area contributed by atoms with Crippen molar-refractivity contribution in [2.75, 3.05) is 19.7 Å². The predicted octanol–water partition coefficient (Wildman–Crippen LogP) is 2.68. The number of nitrogens with one attached hydrogen (secondary N) is 1. The van der Waals surface area contributed by atoms with Gasteiger partial charge in [0.15, 0.2) is 11.6 Å². The van der Waals surface area contributed by atoms with E-state index in [0.717, 1.165) is 17.7 Å². The number of morpholine rings is 1. The average molecular weight is 374 g/mol. The van der Waals surface area contributed by atoms with Crippen LogP contribution in [0.15, 0.2) is 48.5 Å². The molecular formula is C20H20F2N2O3. The number of rotatable bonds is 4. The highest BCUT2D eigenvalue weighted by Gasteiger charge is 2.29. The SMILES string of the molecule is C[C@H](NC(=O)c1ccc(F)c(F)c1)C(=O)N1CCOC(c2ccccc2)C1. The van der Waals surface area contributed by atoms with E-state index < -0.39 is 23.6 Å². The topological polar surface area (TPSA) is 58.6 Å². The summed E-state index contributed by atoms with van der Waals surface area (Å²) < 4.78 is 32.0. The van der Waals surface area contributed by atoms with Crippen molar-refractivity contribution in [2.45, 2.75) is 19.1 Å². The van der Waals surface area contributed by atoms with E-state index in [9.17, 15) is 18.4 Å². The van der Waals surface area contributed by atoms with Gasteiger partial charge in [-0.2, -0.15) is 0 Å². The van der Waals surface area contributed by atoms with Crippen LogP contribution in [0.5, 0.6) is 0 Å². The van der Waals surface area contributed by atoms with Crippen LogP contribution in [0.3, 0.4) is 0 Å². The van der Waals surface area contributed by atoms with Gasteiger partial charge in [0.25, 0.3) is 5.91 Å². The summed E-state index contributed by atoms with van der Waals surface area (Å²) in [5.41, 5.74) is 0.936. The Kier molecular flexibility index (Phi) is 5.81. The van der Waals surface area contributed by atoms with Crippen molar-refractivity contribution in [1.82, 2.24) is 10.2 Å². The van der Waals surface area contributed by atoms with Gasteiger partial charge in [-0.05, 0) is 30.7 Å². The first-order chi connectivity index (χ1) is 13.0. The molecule has 2 aromatic rings. The smallest absolute Gasteiger partial charge is 0.252 e. The molecule has 0 aromatic heterocycles. The molecule has 0 radical (unpaired) electrons. The van der Waals surface area contributed by atoms with Crippen LogP contribution in [-0.4, -0.2) is 42.5 Å². The van der Waals surface area contributed by atoms with E-state index in [2.05, 4.69) is 5.32 Å². The number of ether oxygens (including phenoxy) is 1. The minimum atomic E-state index is -1.11. The number of hydrogen-bond donors (Lipinski definition) is 1. The highest BCUT2D eigenvalue weighted by atomic mass is 19.2. The number of nitrogens with zero attached hydrogens (tertiary/aromatic N) is 1. The second kappa shape index (κ2) is 8.26. The third-order valence-electron chi connectivity index (χ3n) is 4.45. The Morgan fingerprint density at radius 2 is 1.89 bits per heavy atom. The van der Waals surface area contributed by atoms with Gasteiger partial charge < -0.3 is 15.0 Å². The standard InChI is InChI=1S/C20H20F2N2O3/c1-13(23-19(25)15-7-8-16(21)17(22)11-15)20(26)24-9-10-27-18(12-24)14-5-3-2-4-6-14/h2-8,11,13,18H,9-10,12H2,1H3,(H,23,25)/t13-,18?/m0/s1. The Balaban J connectivity index is 1.62. The molecule has 1 aliphatic heterocycles. The van der Waals surface area contributed by atoms with Crippen molar-refractivity contribution in [3.63, 3.8) is 0 Å². The van der Waals surface area contributed by atoms with Crippen molar-refractivity contribution >= 4 is 11.8 Å². The minimum Gasteiger partial charge on any atom is -0.370 e. The van der Waals surface area contributed by atoms with Gasteiger partial charge in [-0.25, -0.2) is 8.78 Å². The van der Waals surface area contributed by atoms with E-state index >= 15 is 0 Å².